The number of rotatable bonds is 3. The first-order valence-electron chi connectivity index (χ1n) is 6.75. The summed E-state index contributed by atoms with van der Waals surface area (Å²) in [5.41, 5.74) is 1.12. The Labute approximate surface area is 117 Å². The van der Waals surface area contributed by atoms with Crippen LogP contribution in [0.15, 0.2) is 17.0 Å². The highest BCUT2D eigenvalue weighted by atomic mass is 16.5. The molecule has 0 radical (unpaired) electrons. The SMILES string of the molecule is Cc1nc(CN2CCN(c3ncncc3C)CC2)no1. The first-order chi connectivity index (χ1) is 9.72. The molecular formula is C13H18N6O. The normalized spacial score (nSPS) is 16.6. The molecule has 7 heteroatoms. The van der Waals surface area contributed by atoms with Crippen LogP contribution in [-0.2, 0) is 6.54 Å². The molecule has 2 aromatic heterocycles. The Morgan fingerprint density at radius 2 is 2.00 bits per heavy atom. The fraction of sp³-hybridized carbons (Fsp3) is 0.538. The van der Waals surface area contributed by atoms with E-state index in [0.29, 0.717) is 5.89 Å². The molecule has 106 valence electrons. The Morgan fingerprint density at radius 3 is 2.65 bits per heavy atom. The van der Waals surface area contributed by atoms with E-state index in [9.17, 15) is 0 Å². The minimum absolute atomic E-state index is 0.621. The van der Waals surface area contributed by atoms with Crippen LogP contribution in [0.4, 0.5) is 5.82 Å². The zero-order valence-corrected chi connectivity index (χ0v) is 11.8. The minimum Gasteiger partial charge on any atom is -0.354 e. The molecule has 0 atom stereocenters. The summed E-state index contributed by atoms with van der Waals surface area (Å²) in [4.78, 5) is 17.3. The molecule has 1 saturated heterocycles. The Kier molecular flexibility index (Phi) is 3.60. The van der Waals surface area contributed by atoms with E-state index in [1.165, 1.54) is 0 Å². The van der Waals surface area contributed by atoms with E-state index in [1.807, 2.05) is 20.0 Å². The highest BCUT2D eigenvalue weighted by molar-refractivity contribution is 5.44. The van der Waals surface area contributed by atoms with E-state index in [0.717, 1.165) is 49.9 Å². The Balaban J connectivity index is 1.58. The smallest absolute Gasteiger partial charge is 0.223 e. The average Bonchev–Trinajstić information content (AvgIpc) is 2.86. The van der Waals surface area contributed by atoms with Gasteiger partial charge < -0.3 is 9.42 Å². The molecule has 0 amide bonds. The van der Waals surface area contributed by atoms with Crippen LogP contribution in [0.1, 0.15) is 17.3 Å². The average molecular weight is 274 g/mol. The van der Waals surface area contributed by atoms with Crippen molar-refractivity contribution in [3.05, 3.63) is 29.8 Å². The van der Waals surface area contributed by atoms with Gasteiger partial charge in [-0.1, -0.05) is 5.16 Å². The van der Waals surface area contributed by atoms with Gasteiger partial charge in [0.25, 0.3) is 0 Å². The van der Waals surface area contributed by atoms with Crippen LogP contribution in [0.5, 0.6) is 0 Å². The maximum Gasteiger partial charge on any atom is 0.223 e. The van der Waals surface area contributed by atoms with Crippen LogP contribution >= 0.6 is 0 Å². The lowest BCUT2D eigenvalue weighted by Gasteiger charge is -2.35. The predicted molar refractivity (Wildman–Crippen MR) is 73.3 cm³/mol. The first kappa shape index (κ1) is 13.0. The number of aromatic nitrogens is 4. The Morgan fingerprint density at radius 1 is 1.20 bits per heavy atom. The zero-order valence-electron chi connectivity index (χ0n) is 11.8. The number of hydrogen-bond acceptors (Lipinski definition) is 7. The molecule has 1 fully saturated rings. The molecule has 0 unspecified atom stereocenters. The van der Waals surface area contributed by atoms with Crippen molar-refractivity contribution in [1.29, 1.82) is 0 Å². The predicted octanol–water partition coefficient (Wildman–Crippen LogP) is 0.799. The molecule has 1 aliphatic rings. The third-order valence-corrected chi connectivity index (χ3v) is 3.47. The maximum absolute atomic E-state index is 5.00. The number of nitrogens with zero attached hydrogens (tertiary/aromatic N) is 6. The van der Waals surface area contributed by atoms with Crippen molar-refractivity contribution in [2.24, 2.45) is 0 Å². The van der Waals surface area contributed by atoms with Gasteiger partial charge in [0.1, 0.15) is 12.1 Å². The van der Waals surface area contributed by atoms with Gasteiger partial charge in [0.2, 0.25) is 5.89 Å². The van der Waals surface area contributed by atoms with Gasteiger partial charge in [0.05, 0.1) is 6.54 Å². The summed E-state index contributed by atoms with van der Waals surface area (Å²) in [6.07, 6.45) is 3.47. The molecule has 0 aromatic carbocycles. The Bertz CT molecular complexity index is 576. The molecule has 3 heterocycles. The van der Waals surface area contributed by atoms with Crippen molar-refractivity contribution in [1.82, 2.24) is 25.0 Å². The standard InChI is InChI=1S/C13H18N6O/c1-10-7-14-9-15-13(10)19-5-3-18(4-6-19)8-12-16-11(2)20-17-12/h7,9H,3-6,8H2,1-2H3. The summed E-state index contributed by atoms with van der Waals surface area (Å²) >= 11 is 0. The molecule has 0 N–H and O–H groups in total. The van der Waals surface area contributed by atoms with Gasteiger partial charge in [-0.05, 0) is 6.92 Å². The lowest BCUT2D eigenvalue weighted by molar-refractivity contribution is 0.239. The summed E-state index contributed by atoms with van der Waals surface area (Å²) in [7, 11) is 0. The quantitative estimate of drug-likeness (QED) is 0.819. The van der Waals surface area contributed by atoms with E-state index in [1.54, 1.807) is 6.33 Å². The molecule has 7 nitrogen and oxygen atoms in total. The molecule has 0 saturated carbocycles. The zero-order chi connectivity index (χ0) is 13.9. The molecule has 0 aliphatic carbocycles. The van der Waals surface area contributed by atoms with Crippen LogP contribution in [0.3, 0.4) is 0 Å². The van der Waals surface area contributed by atoms with Crippen molar-refractivity contribution >= 4 is 5.82 Å². The summed E-state index contributed by atoms with van der Waals surface area (Å²) in [6, 6.07) is 0. The molecule has 3 rings (SSSR count). The first-order valence-corrected chi connectivity index (χ1v) is 6.75. The minimum atomic E-state index is 0.621. The van der Waals surface area contributed by atoms with Crippen LogP contribution < -0.4 is 4.90 Å². The third-order valence-electron chi connectivity index (χ3n) is 3.47. The summed E-state index contributed by atoms with van der Waals surface area (Å²) in [6.45, 7) is 8.45. The van der Waals surface area contributed by atoms with Crippen LogP contribution in [0, 0.1) is 13.8 Å². The van der Waals surface area contributed by atoms with Crippen molar-refractivity contribution in [2.75, 3.05) is 31.1 Å². The van der Waals surface area contributed by atoms with Gasteiger partial charge in [0, 0.05) is 44.9 Å². The topological polar surface area (TPSA) is 71.2 Å². The van der Waals surface area contributed by atoms with E-state index >= 15 is 0 Å². The highest BCUT2D eigenvalue weighted by Gasteiger charge is 2.20. The monoisotopic (exact) mass is 274 g/mol. The molecule has 2 aromatic rings. The van der Waals surface area contributed by atoms with E-state index in [4.69, 9.17) is 4.52 Å². The second-order valence-electron chi connectivity index (χ2n) is 5.02. The summed E-state index contributed by atoms with van der Waals surface area (Å²) < 4.78 is 5.00. The maximum atomic E-state index is 5.00. The van der Waals surface area contributed by atoms with Crippen molar-refractivity contribution in [3.63, 3.8) is 0 Å². The highest BCUT2D eigenvalue weighted by Crippen LogP contribution is 2.17. The largest absolute Gasteiger partial charge is 0.354 e. The van der Waals surface area contributed by atoms with Crippen LogP contribution in [-0.4, -0.2) is 51.2 Å². The fourth-order valence-corrected chi connectivity index (χ4v) is 2.45. The van der Waals surface area contributed by atoms with Crippen LogP contribution in [0.2, 0.25) is 0 Å². The van der Waals surface area contributed by atoms with Gasteiger partial charge in [-0.15, -0.1) is 0 Å². The van der Waals surface area contributed by atoms with Gasteiger partial charge in [-0.3, -0.25) is 4.90 Å². The molecular weight excluding hydrogens is 256 g/mol. The summed E-state index contributed by atoms with van der Waals surface area (Å²) in [5, 5.41) is 3.94. The fourth-order valence-electron chi connectivity index (χ4n) is 2.45. The molecule has 0 bridgehead atoms. The number of aryl methyl sites for hydroxylation is 2. The lowest BCUT2D eigenvalue weighted by atomic mass is 10.2. The van der Waals surface area contributed by atoms with Gasteiger partial charge in [-0.25, -0.2) is 9.97 Å². The number of anilines is 1. The molecule has 1 aliphatic heterocycles. The lowest BCUT2D eigenvalue weighted by Crippen LogP contribution is -2.46. The van der Waals surface area contributed by atoms with Crippen LogP contribution in [0.25, 0.3) is 0 Å². The summed E-state index contributed by atoms with van der Waals surface area (Å²) in [5.74, 6) is 2.42. The van der Waals surface area contributed by atoms with E-state index in [-0.39, 0.29) is 0 Å². The second-order valence-corrected chi connectivity index (χ2v) is 5.02. The van der Waals surface area contributed by atoms with Gasteiger partial charge in [-0.2, -0.15) is 4.98 Å². The molecule has 20 heavy (non-hydrogen) atoms. The molecule has 0 spiro atoms. The number of hydrogen-bond donors (Lipinski definition) is 0. The van der Waals surface area contributed by atoms with Crippen molar-refractivity contribution in [2.45, 2.75) is 20.4 Å². The van der Waals surface area contributed by atoms with Gasteiger partial charge >= 0.3 is 0 Å². The van der Waals surface area contributed by atoms with Gasteiger partial charge in [0.15, 0.2) is 5.82 Å². The second kappa shape index (κ2) is 5.54. The van der Waals surface area contributed by atoms with Crippen molar-refractivity contribution in [3.8, 4) is 0 Å². The van der Waals surface area contributed by atoms with E-state index < -0.39 is 0 Å². The van der Waals surface area contributed by atoms with E-state index in [2.05, 4.69) is 29.9 Å². The Hall–Kier alpha value is -2.02. The number of piperazine rings is 1. The third kappa shape index (κ3) is 2.77. The van der Waals surface area contributed by atoms with Crippen molar-refractivity contribution < 1.29 is 4.52 Å².